The summed E-state index contributed by atoms with van der Waals surface area (Å²) in [5.74, 6) is 0. The first-order valence-corrected chi connectivity index (χ1v) is 6.70. The minimum atomic E-state index is -2.97. The van der Waals surface area contributed by atoms with E-state index in [-0.39, 0.29) is 0 Å². The third-order valence-corrected chi connectivity index (χ3v) is 3.83. The zero-order valence-electron chi connectivity index (χ0n) is 9.05. The van der Waals surface area contributed by atoms with E-state index in [4.69, 9.17) is 9.05 Å². The summed E-state index contributed by atoms with van der Waals surface area (Å²) >= 11 is 0. The second-order valence-electron chi connectivity index (χ2n) is 2.96. The third-order valence-electron chi connectivity index (χ3n) is 1.78. The Hall–Kier alpha value is -0.700. The van der Waals surface area contributed by atoms with Crippen molar-refractivity contribution < 1.29 is 13.6 Å². The van der Waals surface area contributed by atoms with Gasteiger partial charge >= 0.3 is 7.60 Å². The first-order chi connectivity index (χ1) is 7.20. The fourth-order valence-electron chi connectivity index (χ4n) is 1.23. The molecule has 0 aliphatic rings. The van der Waals surface area contributed by atoms with Crippen molar-refractivity contribution in [2.24, 2.45) is 0 Å². The molecule has 1 rings (SSSR count). The van der Waals surface area contributed by atoms with Crippen LogP contribution in [0.4, 0.5) is 0 Å². The van der Waals surface area contributed by atoms with Gasteiger partial charge in [0.05, 0.1) is 19.4 Å². The fraction of sp³-hybridized carbons (Fsp3) is 0.500. The molecule has 1 aromatic heterocycles. The smallest absolute Gasteiger partial charge is 0.309 e. The number of hydrogen-bond acceptors (Lipinski definition) is 4. The van der Waals surface area contributed by atoms with Crippen molar-refractivity contribution >= 4 is 7.60 Å². The van der Waals surface area contributed by atoms with Crippen LogP contribution in [0.1, 0.15) is 19.4 Å². The zero-order valence-corrected chi connectivity index (χ0v) is 9.94. The minimum absolute atomic E-state index is 0.303. The molecular weight excluding hydrogens is 213 g/mol. The number of aromatic nitrogens is 1. The van der Waals surface area contributed by atoms with Crippen LogP contribution in [0.3, 0.4) is 0 Å². The Kier molecular flexibility index (Phi) is 4.95. The van der Waals surface area contributed by atoms with Crippen LogP contribution in [0, 0.1) is 0 Å². The van der Waals surface area contributed by atoms with Crippen molar-refractivity contribution in [3.05, 3.63) is 30.1 Å². The Bertz CT molecular complexity index is 319. The molecule has 5 heteroatoms. The summed E-state index contributed by atoms with van der Waals surface area (Å²) in [4.78, 5) is 3.90. The Balaban J connectivity index is 2.71. The van der Waals surface area contributed by atoms with E-state index in [1.54, 1.807) is 26.2 Å². The second-order valence-corrected chi connectivity index (χ2v) is 5.01. The van der Waals surface area contributed by atoms with Gasteiger partial charge in [-0.05, 0) is 31.5 Å². The molecule has 0 amide bonds. The molecule has 0 radical (unpaired) electrons. The molecule has 0 aromatic carbocycles. The molecule has 0 unspecified atom stereocenters. The molecule has 1 heterocycles. The summed E-state index contributed by atoms with van der Waals surface area (Å²) in [5, 5.41) is 0. The van der Waals surface area contributed by atoms with Crippen LogP contribution in [0.25, 0.3) is 0 Å². The monoisotopic (exact) mass is 229 g/mol. The van der Waals surface area contributed by atoms with Crippen molar-refractivity contribution in [1.29, 1.82) is 0 Å². The predicted octanol–water partition coefficient (Wildman–Crippen LogP) is 2.85. The summed E-state index contributed by atoms with van der Waals surface area (Å²) in [6.45, 7) is 4.39. The van der Waals surface area contributed by atoms with Crippen molar-refractivity contribution in [1.82, 2.24) is 4.98 Å². The molecule has 0 aliphatic heterocycles. The molecule has 15 heavy (non-hydrogen) atoms. The average molecular weight is 229 g/mol. The summed E-state index contributed by atoms with van der Waals surface area (Å²) in [7, 11) is -2.97. The predicted molar refractivity (Wildman–Crippen MR) is 58.8 cm³/mol. The Labute approximate surface area is 90.2 Å². The maximum absolute atomic E-state index is 12.1. The van der Waals surface area contributed by atoms with Crippen LogP contribution >= 0.6 is 7.60 Å². The Morgan fingerprint density at radius 1 is 1.20 bits per heavy atom. The number of nitrogens with zero attached hydrogens (tertiary/aromatic N) is 1. The summed E-state index contributed by atoms with van der Waals surface area (Å²) in [5.41, 5.74) is 0.912. The summed E-state index contributed by atoms with van der Waals surface area (Å²) in [6.07, 6.45) is 3.63. The van der Waals surface area contributed by atoms with E-state index < -0.39 is 7.60 Å². The van der Waals surface area contributed by atoms with Gasteiger partial charge in [0.2, 0.25) is 0 Å². The van der Waals surface area contributed by atoms with Crippen LogP contribution in [-0.2, 0) is 19.8 Å². The highest BCUT2D eigenvalue weighted by Gasteiger charge is 2.23. The van der Waals surface area contributed by atoms with Crippen molar-refractivity contribution in [2.45, 2.75) is 20.0 Å². The highest BCUT2D eigenvalue weighted by Crippen LogP contribution is 2.51. The van der Waals surface area contributed by atoms with Gasteiger partial charge in [0.1, 0.15) is 0 Å². The molecule has 1 aromatic rings. The van der Waals surface area contributed by atoms with Gasteiger partial charge in [-0.2, -0.15) is 0 Å². The van der Waals surface area contributed by atoms with Gasteiger partial charge in [-0.1, -0.05) is 0 Å². The average Bonchev–Trinajstić information content (AvgIpc) is 2.19. The lowest BCUT2D eigenvalue weighted by molar-refractivity contribution is 0.219. The van der Waals surface area contributed by atoms with Gasteiger partial charge < -0.3 is 9.05 Å². The van der Waals surface area contributed by atoms with Gasteiger partial charge in [0.15, 0.2) is 0 Å². The van der Waals surface area contributed by atoms with Gasteiger partial charge in [-0.3, -0.25) is 9.55 Å². The van der Waals surface area contributed by atoms with E-state index in [0.717, 1.165) is 5.56 Å². The number of pyridine rings is 1. The number of rotatable bonds is 6. The van der Waals surface area contributed by atoms with E-state index >= 15 is 0 Å². The van der Waals surface area contributed by atoms with E-state index in [0.29, 0.717) is 19.4 Å². The molecule has 84 valence electrons. The van der Waals surface area contributed by atoms with E-state index in [2.05, 4.69) is 4.98 Å². The third kappa shape index (κ3) is 4.12. The summed E-state index contributed by atoms with van der Waals surface area (Å²) < 4.78 is 22.5. The van der Waals surface area contributed by atoms with Crippen LogP contribution in [0.5, 0.6) is 0 Å². The molecular formula is C10H16NO3P. The number of hydrogen-bond donors (Lipinski definition) is 0. The lowest BCUT2D eigenvalue weighted by Gasteiger charge is -2.16. The first kappa shape index (κ1) is 12.4. The van der Waals surface area contributed by atoms with Gasteiger partial charge in [0.25, 0.3) is 0 Å². The molecule has 0 N–H and O–H groups in total. The maximum Gasteiger partial charge on any atom is 0.335 e. The molecule has 0 saturated heterocycles. The molecule has 0 spiro atoms. The van der Waals surface area contributed by atoms with Crippen LogP contribution < -0.4 is 0 Å². The highest BCUT2D eigenvalue weighted by molar-refractivity contribution is 7.53. The second kappa shape index (κ2) is 6.01. The normalized spacial score (nSPS) is 11.6. The SMILES string of the molecule is CCOP(=O)(Cc1ccncc1)OCC. The maximum atomic E-state index is 12.1. The Morgan fingerprint density at radius 3 is 2.20 bits per heavy atom. The van der Waals surface area contributed by atoms with E-state index in [1.807, 2.05) is 12.1 Å². The van der Waals surface area contributed by atoms with Gasteiger partial charge in [-0.25, -0.2) is 0 Å². The molecule has 4 nitrogen and oxygen atoms in total. The largest absolute Gasteiger partial charge is 0.335 e. The van der Waals surface area contributed by atoms with E-state index in [9.17, 15) is 4.57 Å². The minimum Gasteiger partial charge on any atom is -0.309 e. The van der Waals surface area contributed by atoms with Crippen molar-refractivity contribution in [3.63, 3.8) is 0 Å². The lowest BCUT2D eigenvalue weighted by atomic mass is 10.3. The van der Waals surface area contributed by atoms with E-state index in [1.165, 1.54) is 0 Å². The molecule has 0 fully saturated rings. The summed E-state index contributed by atoms with van der Waals surface area (Å²) in [6, 6.07) is 3.62. The Morgan fingerprint density at radius 2 is 1.73 bits per heavy atom. The molecule has 0 atom stereocenters. The van der Waals surface area contributed by atoms with Crippen LogP contribution in [-0.4, -0.2) is 18.2 Å². The van der Waals surface area contributed by atoms with Crippen LogP contribution in [0.2, 0.25) is 0 Å². The standard InChI is InChI=1S/C10H16NO3P/c1-3-13-15(12,14-4-2)9-10-5-7-11-8-6-10/h5-8H,3-4,9H2,1-2H3. The van der Waals surface area contributed by atoms with Crippen LogP contribution in [0.15, 0.2) is 24.5 Å². The zero-order chi connectivity index (χ0) is 11.1. The van der Waals surface area contributed by atoms with Crippen molar-refractivity contribution in [3.8, 4) is 0 Å². The fourth-order valence-corrected chi connectivity index (χ4v) is 2.94. The van der Waals surface area contributed by atoms with Crippen molar-refractivity contribution in [2.75, 3.05) is 13.2 Å². The molecule has 0 bridgehead atoms. The topological polar surface area (TPSA) is 48.4 Å². The highest BCUT2D eigenvalue weighted by atomic mass is 31.2. The first-order valence-electron chi connectivity index (χ1n) is 4.97. The molecule has 0 saturated carbocycles. The van der Waals surface area contributed by atoms with Gasteiger partial charge in [-0.15, -0.1) is 0 Å². The quantitative estimate of drug-likeness (QED) is 0.704. The lowest BCUT2D eigenvalue weighted by Crippen LogP contribution is -1.99. The molecule has 0 aliphatic carbocycles. The van der Waals surface area contributed by atoms with Gasteiger partial charge in [0, 0.05) is 12.4 Å².